The van der Waals surface area contributed by atoms with E-state index in [4.69, 9.17) is 0 Å². The number of nitrogens with zero attached hydrogens (tertiary/aromatic N) is 4. The highest BCUT2D eigenvalue weighted by Crippen LogP contribution is 2.22. The first-order valence-electron chi connectivity index (χ1n) is 8.06. The minimum Gasteiger partial charge on any atom is -0.354 e. The van der Waals surface area contributed by atoms with Gasteiger partial charge in [0.25, 0.3) is 0 Å². The third kappa shape index (κ3) is 5.34. The van der Waals surface area contributed by atoms with E-state index in [0.29, 0.717) is 11.9 Å². The molecule has 0 amide bonds. The van der Waals surface area contributed by atoms with Gasteiger partial charge in [0.05, 0.1) is 0 Å². The van der Waals surface area contributed by atoms with Crippen molar-refractivity contribution in [2.75, 3.05) is 35.6 Å². The van der Waals surface area contributed by atoms with E-state index in [9.17, 15) is 0 Å². The minimum absolute atomic E-state index is 0.708. The Morgan fingerprint density at radius 3 is 2.57 bits per heavy atom. The standard InChI is InChI=1S/C15H27N5S/c1-4-16-13-17-14(20-9-6-5-7-10-20)19-15(18-13)21-11-8-12(2)3/h12H,4-11H2,1-3H3,(H,16,17,18,19). The molecule has 1 aliphatic rings. The summed E-state index contributed by atoms with van der Waals surface area (Å²) in [6, 6.07) is 0. The lowest BCUT2D eigenvalue weighted by atomic mass is 10.1. The van der Waals surface area contributed by atoms with Crippen molar-refractivity contribution in [3.8, 4) is 0 Å². The Kier molecular flexibility index (Phi) is 6.54. The van der Waals surface area contributed by atoms with Crippen LogP contribution in [0.3, 0.4) is 0 Å². The lowest BCUT2D eigenvalue weighted by Gasteiger charge is -2.26. The fourth-order valence-corrected chi connectivity index (χ4v) is 3.34. The maximum atomic E-state index is 4.66. The SMILES string of the molecule is CCNc1nc(SCCC(C)C)nc(N2CCCCC2)n1. The van der Waals surface area contributed by atoms with E-state index in [1.165, 1.54) is 25.7 Å². The zero-order valence-corrected chi connectivity index (χ0v) is 14.2. The number of rotatable bonds is 7. The third-order valence-electron chi connectivity index (χ3n) is 3.50. The molecule has 21 heavy (non-hydrogen) atoms. The van der Waals surface area contributed by atoms with Gasteiger partial charge in [-0.1, -0.05) is 25.6 Å². The zero-order chi connectivity index (χ0) is 15.1. The van der Waals surface area contributed by atoms with Crippen LogP contribution in [0.4, 0.5) is 11.9 Å². The van der Waals surface area contributed by atoms with Crippen LogP contribution in [-0.4, -0.2) is 40.3 Å². The quantitative estimate of drug-likeness (QED) is 0.779. The summed E-state index contributed by atoms with van der Waals surface area (Å²) in [6.45, 7) is 9.52. The Hall–Kier alpha value is -1.04. The van der Waals surface area contributed by atoms with Crippen LogP contribution in [0.2, 0.25) is 0 Å². The van der Waals surface area contributed by atoms with Crippen LogP contribution in [0.15, 0.2) is 5.16 Å². The van der Waals surface area contributed by atoms with Crippen molar-refractivity contribution in [3.63, 3.8) is 0 Å². The van der Waals surface area contributed by atoms with Gasteiger partial charge in [0.1, 0.15) is 0 Å². The number of anilines is 2. The Labute approximate surface area is 132 Å². The second-order valence-electron chi connectivity index (χ2n) is 5.85. The minimum atomic E-state index is 0.708. The highest BCUT2D eigenvalue weighted by molar-refractivity contribution is 7.99. The second-order valence-corrected chi connectivity index (χ2v) is 6.91. The van der Waals surface area contributed by atoms with E-state index < -0.39 is 0 Å². The lowest BCUT2D eigenvalue weighted by molar-refractivity contribution is 0.565. The van der Waals surface area contributed by atoms with Crippen LogP contribution in [-0.2, 0) is 0 Å². The molecule has 0 atom stereocenters. The smallest absolute Gasteiger partial charge is 0.231 e. The average molecular weight is 309 g/mol. The molecule has 2 rings (SSSR count). The van der Waals surface area contributed by atoms with E-state index in [1.54, 1.807) is 11.8 Å². The summed E-state index contributed by atoms with van der Waals surface area (Å²) in [5, 5.41) is 4.07. The number of piperidine rings is 1. The molecule has 0 radical (unpaired) electrons. The van der Waals surface area contributed by atoms with Crippen LogP contribution in [0.5, 0.6) is 0 Å². The summed E-state index contributed by atoms with van der Waals surface area (Å²) in [5.41, 5.74) is 0. The molecule has 5 nitrogen and oxygen atoms in total. The molecule has 0 bridgehead atoms. The molecule has 0 aliphatic carbocycles. The molecule has 0 saturated carbocycles. The van der Waals surface area contributed by atoms with Crippen molar-refractivity contribution in [1.82, 2.24) is 15.0 Å². The molecule has 0 aromatic carbocycles. The Balaban J connectivity index is 2.09. The van der Waals surface area contributed by atoms with Gasteiger partial charge < -0.3 is 10.2 Å². The normalized spacial score (nSPS) is 15.5. The molecule has 0 spiro atoms. The van der Waals surface area contributed by atoms with E-state index >= 15 is 0 Å². The highest BCUT2D eigenvalue weighted by Gasteiger charge is 2.16. The summed E-state index contributed by atoms with van der Waals surface area (Å²) in [4.78, 5) is 16.0. The van der Waals surface area contributed by atoms with Gasteiger partial charge in [0.2, 0.25) is 11.9 Å². The van der Waals surface area contributed by atoms with E-state index in [0.717, 1.165) is 36.5 Å². The monoisotopic (exact) mass is 309 g/mol. The maximum absolute atomic E-state index is 4.66. The van der Waals surface area contributed by atoms with Crippen LogP contribution in [0.1, 0.15) is 46.5 Å². The Bertz CT molecular complexity index is 432. The van der Waals surface area contributed by atoms with Crippen molar-refractivity contribution in [2.45, 2.75) is 51.6 Å². The molecule has 6 heteroatoms. The van der Waals surface area contributed by atoms with Gasteiger partial charge >= 0.3 is 0 Å². The number of hydrogen-bond acceptors (Lipinski definition) is 6. The lowest BCUT2D eigenvalue weighted by Crippen LogP contribution is -2.31. The fourth-order valence-electron chi connectivity index (χ4n) is 2.27. The zero-order valence-electron chi connectivity index (χ0n) is 13.4. The third-order valence-corrected chi connectivity index (χ3v) is 4.38. The molecule has 2 heterocycles. The highest BCUT2D eigenvalue weighted by atomic mass is 32.2. The van der Waals surface area contributed by atoms with Crippen LogP contribution >= 0.6 is 11.8 Å². The van der Waals surface area contributed by atoms with Gasteiger partial charge in [0.15, 0.2) is 5.16 Å². The van der Waals surface area contributed by atoms with Gasteiger partial charge in [-0.15, -0.1) is 0 Å². The Morgan fingerprint density at radius 2 is 1.90 bits per heavy atom. The van der Waals surface area contributed by atoms with Gasteiger partial charge in [-0.2, -0.15) is 15.0 Å². The predicted octanol–water partition coefficient (Wildman–Crippen LogP) is 3.43. The summed E-state index contributed by atoms with van der Waals surface area (Å²) >= 11 is 1.74. The number of hydrogen-bond donors (Lipinski definition) is 1. The van der Waals surface area contributed by atoms with Gasteiger partial charge in [-0.3, -0.25) is 0 Å². The fraction of sp³-hybridized carbons (Fsp3) is 0.800. The summed E-state index contributed by atoms with van der Waals surface area (Å²) in [7, 11) is 0. The van der Waals surface area contributed by atoms with Crippen molar-refractivity contribution in [1.29, 1.82) is 0 Å². The topological polar surface area (TPSA) is 53.9 Å². The van der Waals surface area contributed by atoms with Gasteiger partial charge in [-0.25, -0.2) is 0 Å². The molecule has 0 unspecified atom stereocenters. The molecule has 1 aromatic rings. The number of aromatic nitrogens is 3. The van der Waals surface area contributed by atoms with E-state index in [-0.39, 0.29) is 0 Å². The van der Waals surface area contributed by atoms with Crippen molar-refractivity contribution in [3.05, 3.63) is 0 Å². The molecule has 1 saturated heterocycles. The van der Waals surface area contributed by atoms with Crippen molar-refractivity contribution < 1.29 is 0 Å². The molecular formula is C15H27N5S. The molecular weight excluding hydrogens is 282 g/mol. The van der Waals surface area contributed by atoms with E-state index in [1.807, 2.05) is 0 Å². The second kappa shape index (κ2) is 8.41. The number of nitrogens with one attached hydrogen (secondary N) is 1. The molecule has 118 valence electrons. The molecule has 1 aliphatic heterocycles. The number of thioether (sulfide) groups is 1. The summed E-state index contributed by atoms with van der Waals surface area (Å²) < 4.78 is 0. The van der Waals surface area contributed by atoms with Crippen LogP contribution in [0, 0.1) is 5.92 Å². The van der Waals surface area contributed by atoms with Gasteiger partial charge in [-0.05, 0) is 38.5 Å². The van der Waals surface area contributed by atoms with Crippen LogP contribution in [0.25, 0.3) is 0 Å². The average Bonchev–Trinajstić information content (AvgIpc) is 2.48. The first-order chi connectivity index (χ1) is 10.2. The van der Waals surface area contributed by atoms with E-state index in [2.05, 4.69) is 45.9 Å². The molecule has 1 N–H and O–H groups in total. The van der Waals surface area contributed by atoms with Gasteiger partial charge in [0, 0.05) is 25.4 Å². The summed E-state index contributed by atoms with van der Waals surface area (Å²) in [5.74, 6) is 3.33. The predicted molar refractivity (Wildman–Crippen MR) is 90.2 cm³/mol. The first-order valence-corrected chi connectivity index (χ1v) is 9.05. The first kappa shape index (κ1) is 16.3. The largest absolute Gasteiger partial charge is 0.354 e. The molecule has 1 fully saturated rings. The van der Waals surface area contributed by atoms with Crippen molar-refractivity contribution in [2.24, 2.45) is 5.92 Å². The molecule has 1 aromatic heterocycles. The van der Waals surface area contributed by atoms with Crippen LogP contribution < -0.4 is 10.2 Å². The maximum Gasteiger partial charge on any atom is 0.231 e. The van der Waals surface area contributed by atoms with Crippen molar-refractivity contribution >= 4 is 23.7 Å². The summed E-state index contributed by atoms with van der Waals surface area (Å²) in [6.07, 6.45) is 4.97. The Morgan fingerprint density at radius 1 is 1.14 bits per heavy atom.